The minimum absolute atomic E-state index is 0.111. The Morgan fingerprint density at radius 1 is 1.29 bits per heavy atom. The summed E-state index contributed by atoms with van der Waals surface area (Å²) < 4.78 is 0. The highest BCUT2D eigenvalue weighted by Gasteiger charge is 2.23. The first kappa shape index (κ1) is 17.5. The molecule has 4 nitrogen and oxygen atoms in total. The Morgan fingerprint density at radius 3 is 2.43 bits per heavy atom. The van der Waals surface area contributed by atoms with E-state index in [1.165, 1.54) is 6.92 Å². The third kappa shape index (κ3) is 5.76. The van der Waals surface area contributed by atoms with Crippen LogP contribution in [0.25, 0.3) is 0 Å². The van der Waals surface area contributed by atoms with E-state index in [0.717, 1.165) is 12.0 Å². The van der Waals surface area contributed by atoms with Crippen LogP contribution in [0.2, 0.25) is 5.02 Å². The molecule has 116 valence electrons. The number of amides is 2. The molecule has 0 bridgehead atoms. The third-order valence-electron chi connectivity index (χ3n) is 3.41. The summed E-state index contributed by atoms with van der Waals surface area (Å²) >= 11 is 6.16. The fourth-order valence-corrected chi connectivity index (χ4v) is 2.21. The van der Waals surface area contributed by atoms with Gasteiger partial charge in [-0.05, 0) is 31.9 Å². The number of carbonyl (C=O) groups excluding carboxylic acids is 2. The van der Waals surface area contributed by atoms with Crippen molar-refractivity contribution in [3.05, 3.63) is 34.9 Å². The van der Waals surface area contributed by atoms with Crippen molar-refractivity contribution in [3.8, 4) is 0 Å². The standard InChI is InChI=1S/C16H23ClN2O2/c1-5-16(3,4)19-15(21)10-14(18-11(2)20)12-8-6-7-9-13(12)17/h6-9,14H,5,10H2,1-4H3,(H,18,20)(H,19,21)/t14-/m0/s1. The predicted octanol–water partition coefficient (Wildman–Crippen LogP) is 3.21. The van der Waals surface area contributed by atoms with Gasteiger partial charge >= 0.3 is 0 Å². The van der Waals surface area contributed by atoms with E-state index < -0.39 is 6.04 Å². The van der Waals surface area contributed by atoms with Crippen LogP contribution in [0.5, 0.6) is 0 Å². The molecule has 0 aromatic heterocycles. The van der Waals surface area contributed by atoms with Gasteiger partial charge in [0.15, 0.2) is 0 Å². The number of hydrogen-bond donors (Lipinski definition) is 2. The van der Waals surface area contributed by atoms with Crippen molar-refractivity contribution in [2.75, 3.05) is 0 Å². The Kier molecular flexibility index (Phi) is 6.21. The van der Waals surface area contributed by atoms with Gasteiger partial charge in [-0.3, -0.25) is 9.59 Å². The van der Waals surface area contributed by atoms with Crippen LogP contribution in [0.15, 0.2) is 24.3 Å². The van der Waals surface area contributed by atoms with Crippen LogP contribution in [-0.4, -0.2) is 17.4 Å². The molecule has 1 rings (SSSR count). The van der Waals surface area contributed by atoms with Gasteiger partial charge in [0.05, 0.1) is 12.5 Å². The number of hydrogen-bond acceptors (Lipinski definition) is 2. The quantitative estimate of drug-likeness (QED) is 0.847. The normalized spacial score (nSPS) is 12.6. The van der Waals surface area contributed by atoms with E-state index >= 15 is 0 Å². The lowest BCUT2D eigenvalue weighted by Crippen LogP contribution is -2.44. The van der Waals surface area contributed by atoms with Gasteiger partial charge in [0.25, 0.3) is 0 Å². The van der Waals surface area contributed by atoms with Gasteiger partial charge in [0, 0.05) is 17.5 Å². The highest BCUT2D eigenvalue weighted by molar-refractivity contribution is 6.31. The second-order valence-electron chi connectivity index (χ2n) is 5.76. The lowest BCUT2D eigenvalue weighted by atomic mass is 9.99. The van der Waals surface area contributed by atoms with Crippen molar-refractivity contribution in [2.24, 2.45) is 0 Å². The Bertz CT molecular complexity index is 515. The molecular formula is C16H23ClN2O2. The van der Waals surface area contributed by atoms with E-state index in [2.05, 4.69) is 10.6 Å². The SMILES string of the molecule is CCC(C)(C)NC(=O)C[C@H](NC(C)=O)c1ccccc1Cl. The molecule has 0 saturated heterocycles. The second-order valence-corrected chi connectivity index (χ2v) is 6.17. The van der Waals surface area contributed by atoms with Crippen molar-refractivity contribution in [1.82, 2.24) is 10.6 Å². The molecule has 0 spiro atoms. The first-order valence-electron chi connectivity index (χ1n) is 7.07. The molecule has 0 aliphatic heterocycles. The van der Waals surface area contributed by atoms with Crippen LogP contribution < -0.4 is 10.6 Å². The molecule has 0 unspecified atom stereocenters. The predicted molar refractivity (Wildman–Crippen MR) is 85.1 cm³/mol. The summed E-state index contributed by atoms with van der Waals surface area (Å²) in [7, 11) is 0. The average Bonchev–Trinajstić information content (AvgIpc) is 2.37. The highest BCUT2D eigenvalue weighted by Crippen LogP contribution is 2.25. The zero-order valence-corrected chi connectivity index (χ0v) is 13.8. The summed E-state index contributed by atoms with van der Waals surface area (Å²) in [5.74, 6) is -0.303. The molecule has 1 atom stereocenters. The fraction of sp³-hybridized carbons (Fsp3) is 0.500. The molecule has 21 heavy (non-hydrogen) atoms. The van der Waals surface area contributed by atoms with Gasteiger partial charge < -0.3 is 10.6 Å². The molecule has 1 aromatic rings. The van der Waals surface area contributed by atoms with Gasteiger partial charge in [-0.1, -0.05) is 36.7 Å². The Labute approximate surface area is 131 Å². The van der Waals surface area contributed by atoms with E-state index in [4.69, 9.17) is 11.6 Å². The van der Waals surface area contributed by atoms with Gasteiger partial charge in [-0.2, -0.15) is 0 Å². The number of carbonyl (C=O) groups is 2. The summed E-state index contributed by atoms with van der Waals surface area (Å²) in [5.41, 5.74) is 0.483. The van der Waals surface area contributed by atoms with Crippen molar-refractivity contribution in [2.45, 2.75) is 52.1 Å². The Balaban J connectivity index is 2.87. The van der Waals surface area contributed by atoms with Crippen LogP contribution >= 0.6 is 11.6 Å². The molecule has 0 radical (unpaired) electrons. The molecule has 5 heteroatoms. The first-order valence-corrected chi connectivity index (χ1v) is 7.45. The fourth-order valence-electron chi connectivity index (χ4n) is 1.94. The maximum atomic E-state index is 12.2. The number of nitrogens with one attached hydrogen (secondary N) is 2. The molecule has 1 aromatic carbocycles. The van der Waals surface area contributed by atoms with Crippen LogP contribution in [-0.2, 0) is 9.59 Å². The topological polar surface area (TPSA) is 58.2 Å². The van der Waals surface area contributed by atoms with Crippen molar-refractivity contribution < 1.29 is 9.59 Å². The lowest BCUT2D eigenvalue weighted by Gasteiger charge is -2.26. The van der Waals surface area contributed by atoms with Crippen LogP contribution in [0.4, 0.5) is 0 Å². The van der Waals surface area contributed by atoms with E-state index in [0.29, 0.717) is 5.02 Å². The van der Waals surface area contributed by atoms with Crippen LogP contribution in [0, 0.1) is 0 Å². The maximum Gasteiger partial charge on any atom is 0.222 e. The summed E-state index contributed by atoms with van der Waals surface area (Å²) in [6, 6.07) is 6.80. The van der Waals surface area contributed by atoms with Gasteiger partial charge in [0.2, 0.25) is 11.8 Å². The molecule has 0 aliphatic carbocycles. The molecule has 0 fully saturated rings. The molecule has 2 N–H and O–H groups in total. The monoisotopic (exact) mass is 310 g/mol. The van der Waals surface area contributed by atoms with Gasteiger partial charge in [-0.25, -0.2) is 0 Å². The van der Waals surface area contributed by atoms with Crippen molar-refractivity contribution in [3.63, 3.8) is 0 Å². The summed E-state index contributed by atoms with van der Waals surface area (Å²) in [6.45, 7) is 7.37. The number of halogens is 1. The average molecular weight is 311 g/mol. The summed E-state index contributed by atoms with van der Waals surface area (Å²) in [4.78, 5) is 23.6. The zero-order chi connectivity index (χ0) is 16.0. The first-order chi connectivity index (χ1) is 9.75. The third-order valence-corrected chi connectivity index (χ3v) is 3.75. The minimum Gasteiger partial charge on any atom is -0.351 e. The van der Waals surface area contributed by atoms with Crippen molar-refractivity contribution >= 4 is 23.4 Å². The van der Waals surface area contributed by atoms with Crippen LogP contribution in [0.1, 0.15) is 52.1 Å². The highest BCUT2D eigenvalue weighted by atomic mass is 35.5. The number of rotatable bonds is 6. The molecule has 0 heterocycles. The van der Waals surface area contributed by atoms with Gasteiger partial charge in [-0.15, -0.1) is 0 Å². The summed E-state index contributed by atoms with van der Waals surface area (Å²) in [5, 5.41) is 6.29. The largest absolute Gasteiger partial charge is 0.351 e. The lowest BCUT2D eigenvalue weighted by molar-refractivity contribution is -0.124. The Morgan fingerprint density at radius 2 is 1.90 bits per heavy atom. The van der Waals surface area contributed by atoms with E-state index in [9.17, 15) is 9.59 Å². The van der Waals surface area contributed by atoms with E-state index in [1.807, 2.05) is 39.0 Å². The maximum absolute atomic E-state index is 12.2. The smallest absolute Gasteiger partial charge is 0.222 e. The van der Waals surface area contributed by atoms with Crippen molar-refractivity contribution in [1.29, 1.82) is 0 Å². The molecule has 2 amide bonds. The van der Waals surface area contributed by atoms with E-state index in [1.54, 1.807) is 6.07 Å². The molecule has 0 aliphatic rings. The zero-order valence-electron chi connectivity index (χ0n) is 13.0. The molecule has 0 saturated carbocycles. The van der Waals surface area contributed by atoms with Gasteiger partial charge in [0.1, 0.15) is 0 Å². The number of benzene rings is 1. The second kappa shape index (κ2) is 7.46. The molecular weight excluding hydrogens is 288 g/mol. The van der Waals surface area contributed by atoms with E-state index in [-0.39, 0.29) is 23.8 Å². The Hall–Kier alpha value is -1.55. The summed E-state index contributed by atoms with van der Waals surface area (Å²) in [6.07, 6.45) is 0.988. The van der Waals surface area contributed by atoms with Crippen LogP contribution in [0.3, 0.4) is 0 Å². The minimum atomic E-state index is -0.427.